The van der Waals surface area contributed by atoms with E-state index < -0.39 is 0 Å². The second-order valence-corrected chi connectivity index (χ2v) is 5.82. The monoisotopic (exact) mass is 387 g/mol. The Labute approximate surface area is 159 Å². The lowest BCUT2D eigenvalue weighted by Crippen LogP contribution is -2.29. The van der Waals surface area contributed by atoms with Crippen molar-refractivity contribution in [2.45, 2.75) is 18.9 Å². The van der Waals surface area contributed by atoms with E-state index in [2.05, 4.69) is 25.9 Å². The maximum atomic E-state index is 12.2. The Hall–Kier alpha value is -1.90. The first-order chi connectivity index (χ1) is 11.1. The maximum Gasteiger partial charge on any atom is 0.278 e. The average molecular weight is 388 g/mol. The molecule has 2 aromatic heterocycles. The Morgan fingerprint density at radius 2 is 2.00 bits per heavy atom. The van der Waals surface area contributed by atoms with Crippen LogP contribution in [0.4, 0.5) is 11.5 Å². The van der Waals surface area contributed by atoms with E-state index in [1.165, 1.54) is 0 Å². The molecule has 1 aliphatic rings. The van der Waals surface area contributed by atoms with Gasteiger partial charge in [0.2, 0.25) is 0 Å². The van der Waals surface area contributed by atoms with Gasteiger partial charge in [0.25, 0.3) is 5.91 Å². The summed E-state index contributed by atoms with van der Waals surface area (Å²) in [5, 5.41) is 14.1. The molecule has 0 spiro atoms. The zero-order chi connectivity index (χ0) is 16.2. The largest absolute Gasteiger partial charge is 0.376 e. The molecule has 8 nitrogen and oxygen atoms in total. The van der Waals surface area contributed by atoms with Gasteiger partial charge in [-0.1, -0.05) is 5.21 Å². The second-order valence-electron chi connectivity index (χ2n) is 5.82. The first-order valence-corrected chi connectivity index (χ1v) is 7.71. The Morgan fingerprint density at radius 3 is 2.60 bits per heavy atom. The number of nitrogens with zero attached hydrogens (tertiary/aromatic N) is 5. The summed E-state index contributed by atoms with van der Waals surface area (Å²) >= 11 is 0. The fourth-order valence-corrected chi connectivity index (χ4v) is 2.54. The van der Waals surface area contributed by atoms with Gasteiger partial charge in [-0.25, -0.2) is 9.67 Å². The van der Waals surface area contributed by atoms with Crippen molar-refractivity contribution in [1.29, 1.82) is 0 Å². The summed E-state index contributed by atoms with van der Waals surface area (Å²) in [4.78, 5) is 18.4. The fourth-order valence-electron chi connectivity index (χ4n) is 2.54. The van der Waals surface area contributed by atoms with E-state index in [4.69, 9.17) is 0 Å². The van der Waals surface area contributed by atoms with E-state index >= 15 is 0 Å². The summed E-state index contributed by atoms with van der Waals surface area (Å²) < 4.78 is 1.79. The van der Waals surface area contributed by atoms with Crippen molar-refractivity contribution in [3.63, 3.8) is 0 Å². The number of nitrogens with one attached hydrogen (secondary N) is 2. The summed E-state index contributed by atoms with van der Waals surface area (Å²) in [5.74, 6) is 0.201. The Kier molecular flexibility index (Phi) is 8.08. The molecule has 2 aromatic rings. The molecule has 3 rings (SSSR count). The summed E-state index contributed by atoms with van der Waals surface area (Å²) in [6.45, 7) is 1.93. The zero-order valence-corrected chi connectivity index (χ0v) is 15.8. The molecule has 0 atom stereocenters. The number of rotatable bonds is 4. The van der Waals surface area contributed by atoms with Gasteiger partial charge in [-0.3, -0.25) is 4.79 Å². The minimum absolute atomic E-state index is 0. The Balaban J connectivity index is 0.00000156. The number of hydrogen-bond acceptors (Lipinski definition) is 6. The molecule has 0 radical (unpaired) electrons. The molecule has 1 saturated heterocycles. The van der Waals surface area contributed by atoms with E-state index in [-0.39, 0.29) is 30.7 Å². The van der Waals surface area contributed by atoms with E-state index in [0.29, 0.717) is 17.6 Å². The highest BCUT2D eigenvalue weighted by atomic mass is 35.5. The van der Waals surface area contributed by atoms with Crippen LogP contribution in [0.1, 0.15) is 29.4 Å². The van der Waals surface area contributed by atoms with Crippen LogP contribution in [0.3, 0.4) is 0 Å². The maximum absolute atomic E-state index is 12.2. The van der Waals surface area contributed by atoms with Crippen molar-refractivity contribution in [1.82, 2.24) is 25.3 Å². The van der Waals surface area contributed by atoms with Gasteiger partial charge in [0.05, 0.1) is 24.1 Å². The number of hydrogen-bond donors (Lipinski definition) is 2. The van der Waals surface area contributed by atoms with Crippen molar-refractivity contribution in [3.05, 3.63) is 30.2 Å². The summed E-state index contributed by atoms with van der Waals surface area (Å²) in [5.41, 5.74) is 1.28. The van der Waals surface area contributed by atoms with Gasteiger partial charge >= 0.3 is 0 Å². The van der Waals surface area contributed by atoms with E-state index in [1.807, 2.05) is 25.1 Å². The van der Waals surface area contributed by atoms with Gasteiger partial charge < -0.3 is 15.5 Å². The van der Waals surface area contributed by atoms with E-state index in [1.54, 1.807) is 23.1 Å². The number of carbonyl (C=O) groups is 1. The van der Waals surface area contributed by atoms with Crippen LogP contribution in [0, 0.1) is 0 Å². The summed E-state index contributed by atoms with van der Waals surface area (Å²) in [6.07, 6.45) is 5.41. The van der Waals surface area contributed by atoms with Crippen molar-refractivity contribution < 1.29 is 4.79 Å². The molecule has 0 aromatic carbocycles. The van der Waals surface area contributed by atoms with Crippen LogP contribution in [-0.2, 0) is 0 Å². The molecule has 0 aliphatic carbocycles. The minimum atomic E-state index is -0.296. The predicted octanol–water partition coefficient (Wildman–Crippen LogP) is 1.76. The lowest BCUT2D eigenvalue weighted by Gasteiger charge is -2.22. The van der Waals surface area contributed by atoms with Crippen molar-refractivity contribution in [2.24, 2.45) is 0 Å². The smallest absolute Gasteiger partial charge is 0.278 e. The number of pyridine rings is 1. The third-order valence-electron chi connectivity index (χ3n) is 3.93. The summed E-state index contributed by atoms with van der Waals surface area (Å²) in [7, 11) is 3.88. The summed E-state index contributed by atoms with van der Waals surface area (Å²) in [6, 6.07) is 3.97. The number of aromatic nitrogens is 4. The number of amides is 1. The molecule has 2 N–H and O–H groups in total. The van der Waals surface area contributed by atoms with Crippen LogP contribution >= 0.6 is 24.8 Å². The highest BCUT2D eigenvalue weighted by Gasteiger charge is 2.19. The third kappa shape index (κ3) is 5.29. The third-order valence-corrected chi connectivity index (χ3v) is 3.93. The molecular formula is C15H23Cl2N7O. The molecular weight excluding hydrogens is 365 g/mol. The van der Waals surface area contributed by atoms with E-state index in [0.717, 1.165) is 31.6 Å². The molecule has 138 valence electrons. The lowest BCUT2D eigenvalue weighted by atomic mass is 10.1. The number of halogens is 2. The first kappa shape index (κ1) is 21.1. The molecule has 1 amide bonds. The quantitative estimate of drug-likeness (QED) is 0.830. The van der Waals surface area contributed by atoms with Gasteiger partial charge in [0, 0.05) is 14.1 Å². The van der Waals surface area contributed by atoms with Gasteiger partial charge in [0.15, 0.2) is 5.69 Å². The zero-order valence-electron chi connectivity index (χ0n) is 14.2. The Morgan fingerprint density at radius 1 is 1.28 bits per heavy atom. The molecule has 3 heterocycles. The predicted molar refractivity (Wildman–Crippen MR) is 102 cm³/mol. The minimum Gasteiger partial charge on any atom is -0.376 e. The highest BCUT2D eigenvalue weighted by molar-refractivity contribution is 6.02. The first-order valence-electron chi connectivity index (χ1n) is 7.71. The van der Waals surface area contributed by atoms with Crippen LogP contribution < -0.4 is 15.5 Å². The molecule has 0 bridgehead atoms. The lowest BCUT2D eigenvalue weighted by molar-refractivity contribution is 0.102. The molecule has 10 heteroatoms. The van der Waals surface area contributed by atoms with Crippen LogP contribution in [-0.4, -0.2) is 53.1 Å². The molecule has 25 heavy (non-hydrogen) atoms. The van der Waals surface area contributed by atoms with Crippen molar-refractivity contribution in [3.8, 4) is 0 Å². The molecule has 1 fully saturated rings. The number of carbonyl (C=O) groups excluding carboxylic acids is 1. The molecule has 1 aliphatic heterocycles. The number of anilines is 2. The van der Waals surface area contributed by atoms with Crippen molar-refractivity contribution in [2.75, 3.05) is 37.4 Å². The molecule has 0 unspecified atom stereocenters. The van der Waals surface area contributed by atoms with Gasteiger partial charge in [-0.05, 0) is 38.1 Å². The van der Waals surface area contributed by atoms with Crippen LogP contribution in [0.2, 0.25) is 0 Å². The SMILES string of the molecule is CN(C)c1ccc(NC(=O)c2cn(C3CCNCC3)nn2)nc1.Cl.Cl. The number of piperidine rings is 1. The van der Waals surface area contributed by atoms with E-state index in [9.17, 15) is 4.79 Å². The van der Waals surface area contributed by atoms with Crippen LogP contribution in [0.25, 0.3) is 0 Å². The van der Waals surface area contributed by atoms with Gasteiger partial charge in [-0.15, -0.1) is 29.9 Å². The van der Waals surface area contributed by atoms with Crippen LogP contribution in [0.15, 0.2) is 24.5 Å². The Bertz CT molecular complexity index is 669. The normalized spacial score (nSPS) is 14.2. The van der Waals surface area contributed by atoms with Gasteiger partial charge in [-0.2, -0.15) is 0 Å². The van der Waals surface area contributed by atoms with Crippen molar-refractivity contribution >= 4 is 42.2 Å². The standard InChI is InChI=1S/C15H21N7O.2ClH/c1-21(2)12-3-4-14(17-9-12)18-15(23)13-10-22(20-19-13)11-5-7-16-8-6-11;;/h3-4,9-11,16H,5-8H2,1-2H3,(H,17,18,23);2*1H. The van der Waals surface area contributed by atoms with Gasteiger partial charge in [0.1, 0.15) is 5.82 Å². The molecule has 0 saturated carbocycles. The van der Waals surface area contributed by atoms with Crippen LogP contribution in [0.5, 0.6) is 0 Å². The average Bonchev–Trinajstić information content (AvgIpc) is 3.06. The topological polar surface area (TPSA) is 88.0 Å². The second kappa shape index (κ2) is 9.55. The fraction of sp³-hybridized carbons (Fsp3) is 0.467. The highest BCUT2D eigenvalue weighted by Crippen LogP contribution is 2.17.